The second-order valence-electron chi connectivity index (χ2n) is 11.6. The van der Waals surface area contributed by atoms with Crippen molar-refractivity contribution in [2.45, 2.75) is 26.5 Å². The number of rotatable bonds is 9. The highest BCUT2D eigenvalue weighted by molar-refractivity contribution is 7.91. The molecule has 7 rings (SSSR count). The minimum atomic E-state index is -3.85. The highest BCUT2D eigenvalue weighted by Crippen LogP contribution is 2.31. The molecule has 0 saturated carbocycles. The van der Waals surface area contributed by atoms with Crippen LogP contribution in [0.2, 0.25) is 0 Å². The number of sulfone groups is 2. The van der Waals surface area contributed by atoms with E-state index >= 15 is 0 Å². The van der Waals surface area contributed by atoms with Gasteiger partial charge in [0.05, 0.1) is 36.3 Å². The molecular formula is C39H30N2O7S2. The number of ether oxygens (including phenoxy) is 2. The average molecular weight is 703 g/mol. The van der Waals surface area contributed by atoms with Crippen molar-refractivity contribution in [1.29, 1.82) is 0 Å². The van der Waals surface area contributed by atoms with E-state index in [9.17, 15) is 21.6 Å². The summed E-state index contributed by atoms with van der Waals surface area (Å²) in [5.74, 6) is 1.77. The molecule has 0 amide bonds. The van der Waals surface area contributed by atoms with Crippen LogP contribution in [0.15, 0.2) is 170 Å². The quantitative estimate of drug-likeness (QED) is 0.150. The van der Waals surface area contributed by atoms with E-state index in [1.807, 2.05) is 31.2 Å². The number of para-hydroxylation sites is 2. The zero-order chi connectivity index (χ0) is 35.0. The molecule has 0 fully saturated rings. The average Bonchev–Trinajstić information content (AvgIpc) is 3.38. The fourth-order valence-corrected chi connectivity index (χ4v) is 8.08. The Bertz CT molecular complexity index is 2630. The van der Waals surface area contributed by atoms with Crippen molar-refractivity contribution < 1.29 is 26.3 Å². The largest absolute Gasteiger partial charge is 0.457 e. The molecule has 50 heavy (non-hydrogen) atoms. The Morgan fingerprint density at radius 2 is 0.900 bits per heavy atom. The molecule has 0 saturated heterocycles. The third-order valence-electron chi connectivity index (χ3n) is 8.24. The summed E-state index contributed by atoms with van der Waals surface area (Å²) in [5.41, 5.74) is 2.80. The van der Waals surface area contributed by atoms with Crippen molar-refractivity contribution in [3.05, 3.63) is 162 Å². The molecule has 1 heterocycles. The first kappa shape index (κ1) is 32.6. The summed E-state index contributed by atoms with van der Waals surface area (Å²) in [6.45, 7) is 1.90. The first-order valence-corrected chi connectivity index (χ1v) is 18.5. The van der Waals surface area contributed by atoms with Crippen LogP contribution in [0.5, 0.6) is 23.0 Å². The van der Waals surface area contributed by atoms with E-state index in [-0.39, 0.29) is 25.3 Å². The fraction of sp³-hybridized carbons (Fsp3) is 0.0513. The number of fused-ring (bicyclic) bond motifs is 1. The monoisotopic (exact) mass is 702 g/mol. The van der Waals surface area contributed by atoms with Crippen molar-refractivity contribution >= 4 is 30.7 Å². The van der Waals surface area contributed by atoms with Crippen LogP contribution in [0.25, 0.3) is 16.7 Å². The van der Waals surface area contributed by atoms with Crippen molar-refractivity contribution in [2.24, 2.45) is 7.05 Å². The third kappa shape index (κ3) is 6.20. The van der Waals surface area contributed by atoms with E-state index in [1.54, 1.807) is 101 Å². The van der Waals surface area contributed by atoms with Crippen LogP contribution in [0.4, 0.5) is 0 Å². The van der Waals surface area contributed by atoms with Crippen molar-refractivity contribution in [2.75, 3.05) is 0 Å². The number of imidazole rings is 1. The minimum absolute atomic E-state index is 0.0878. The number of aromatic nitrogens is 2. The van der Waals surface area contributed by atoms with Gasteiger partial charge in [0.1, 0.15) is 23.0 Å². The maximum atomic E-state index is 13.4. The van der Waals surface area contributed by atoms with E-state index in [2.05, 4.69) is 0 Å². The van der Waals surface area contributed by atoms with Gasteiger partial charge in [-0.3, -0.25) is 9.13 Å². The molecule has 250 valence electrons. The Morgan fingerprint density at radius 1 is 0.480 bits per heavy atom. The van der Waals surface area contributed by atoms with Crippen LogP contribution in [-0.2, 0) is 26.7 Å². The Balaban J connectivity index is 1.03. The Morgan fingerprint density at radius 3 is 1.38 bits per heavy atom. The normalized spacial score (nSPS) is 11.8. The van der Waals surface area contributed by atoms with Gasteiger partial charge in [-0.1, -0.05) is 35.9 Å². The number of aryl methyl sites for hydroxylation is 2. The summed E-state index contributed by atoms with van der Waals surface area (Å²) in [6.07, 6.45) is 0. The lowest BCUT2D eigenvalue weighted by Crippen LogP contribution is -2.20. The van der Waals surface area contributed by atoms with Crippen molar-refractivity contribution in [1.82, 2.24) is 9.13 Å². The highest BCUT2D eigenvalue weighted by Gasteiger charge is 2.20. The number of nitrogens with zero attached hydrogens (tertiary/aromatic N) is 2. The molecule has 0 radical (unpaired) electrons. The van der Waals surface area contributed by atoms with Gasteiger partial charge >= 0.3 is 5.69 Å². The molecule has 7 aromatic rings. The number of benzene rings is 6. The maximum absolute atomic E-state index is 13.4. The third-order valence-corrected chi connectivity index (χ3v) is 11.8. The fourth-order valence-electron chi connectivity index (χ4n) is 5.55. The van der Waals surface area contributed by atoms with Gasteiger partial charge in [-0.2, -0.15) is 0 Å². The molecule has 6 aromatic carbocycles. The Kier molecular flexibility index (Phi) is 8.38. The predicted molar refractivity (Wildman–Crippen MR) is 190 cm³/mol. The van der Waals surface area contributed by atoms with E-state index in [0.717, 1.165) is 16.6 Å². The molecule has 0 N–H and O–H groups in total. The van der Waals surface area contributed by atoms with Gasteiger partial charge in [0, 0.05) is 13.1 Å². The van der Waals surface area contributed by atoms with Gasteiger partial charge in [-0.05, 0) is 116 Å². The lowest BCUT2D eigenvalue weighted by molar-refractivity contribution is 0.460. The zero-order valence-electron chi connectivity index (χ0n) is 26.9. The van der Waals surface area contributed by atoms with Crippen LogP contribution in [0.3, 0.4) is 0 Å². The molecule has 0 bridgehead atoms. The van der Waals surface area contributed by atoms with Crippen LogP contribution in [0, 0.1) is 6.92 Å². The standard InChI is InChI=1S/C39H30N2O7S2/c1-27-10-18-33(19-11-27)49(43,44)35-22-14-29(15-23-35)47-31-6-5-7-32(26-31)48-30-16-24-36(25-17-30)50(45,46)34-20-12-28(13-21-34)41-38-9-4-3-8-37(38)40(2)39(41)42/h3-26H,1-2H3. The smallest absolute Gasteiger partial charge is 0.333 e. The SMILES string of the molecule is Cc1ccc(S(=O)(=O)c2ccc(Oc3cccc(Oc4ccc(S(=O)(=O)c5ccc(-n6c(=O)n(C)c7ccccc76)cc5)cc4)c3)cc2)cc1. The van der Waals surface area contributed by atoms with Gasteiger partial charge < -0.3 is 9.47 Å². The zero-order valence-corrected chi connectivity index (χ0v) is 28.6. The maximum Gasteiger partial charge on any atom is 0.333 e. The first-order chi connectivity index (χ1) is 24.0. The van der Waals surface area contributed by atoms with Crippen LogP contribution < -0.4 is 15.2 Å². The summed E-state index contributed by atoms with van der Waals surface area (Å²) >= 11 is 0. The molecule has 9 nitrogen and oxygen atoms in total. The molecular weight excluding hydrogens is 673 g/mol. The molecule has 0 aliphatic carbocycles. The van der Waals surface area contributed by atoms with Crippen molar-refractivity contribution in [3.63, 3.8) is 0 Å². The van der Waals surface area contributed by atoms with Crippen LogP contribution in [-0.4, -0.2) is 26.0 Å². The van der Waals surface area contributed by atoms with E-state index in [0.29, 0.717) is 28.7 Å². The summed E-state index contributed by atoms with van der Waals surface area (Å²) < 4.78 is 67.9. The highest BCUT2D eigenvalue weighted by atomic mass is 32.2. The molecule has 0 unspecified atom stereocenters. The second kappa shape index (κ2) is 12.8. The summed E-state index contributed by atoms with van der Waals surface area (Å²) in [6, 6.07) is 39.5. The molecule has 0 spiro atoms. The first-order valence-electron chi connectivity index (χ1n) is 15.5. The van der Waals surface area contributed by atoms with E-state index in [1.165, 1.54) is 36.4 Å². The van der Waals surface area contributed by atoms with E-state index < -0.39 is 19.7 Å². The topological polar surface area (TPSA) is 114 Å². The molecule has 0 aliphatic rings. The van der Waals surface area contributed by atoms with Gasteiger partial charge in [0.25, 0.3) is 0 Å². The molecule has 0 aliphatic heterocycles. The minimum Gasteiger partial charge on any atom is -0.457 e. The molecule has 0 atom stereocenters. The Labute approximate surface area is 289 Å². The second-order valence-corrected chi connectivity index (χ2v) is 15.5. The van der Waals surface area contributed by atoms with Crippen molar-refractivity contribution in [3.8, 4) is 28.7 Å². The molecule has 11 heteroatoms. The summed E-state index contributed by atoms with van der Waals surface area (Å²) in [4.78, 5) is 13.5. The van der Waals surface area contributed by atoms with Gasteiger partial charge in [-0.25, -0.2) is 21.6 Å². The lowest BCUT2D eigenvalue weighted by atomic mass is 10.2. The van der Waals surface area contributed by atoms with Gasteiger partial charge in [0.15, 0.2) is 0 Å². The van der Waals surface area contributed by atoms with Crippen LogP contribution >= 0.6 is 0 Å². The lowest BCUT2D eigenvalue weighted by Gasteiger charge is -2.11. The summed E-state index contributed by atoms with van der Waals surface area (Å²) in [5, 5.41) is 0. The van der Waals surface area contributed by atoms with Gasteiger partial charge in [0.2, 0.25) is 19.7 Å². The number of hydrogen-bond donors (Lipinski definition) is 0. The predicted octanol–water partition coefficient (Wildman–Crippen LogP) is 7.89. The van der Waals surface area contributed by atoms with E-state index in [4.69, 9.17) is 9.47 Å². The molecule has 1 aromatic heterocycles. The Hall–Kier alpha value is -5.91. The van der Waals surface area contributed by atoms with Gasteiger partial charge in [-0.15, -0.1) is 0 Å². The summed E-state index contributed by atoms with van der Waals surface area (Å²) in [7, 11) is -5.81. The number of hydrogen-bond acceptors (Lipinski definition) is 7. The van der Waals surface area contributed by atoms with Crippen LogP contribution in [0.1, 0.15) is 5.56 Å².